The average molecular weight is 548 g/mol. The number of nitrogens with zero attached hydrogens (tertiary/aromatic N) is 2. The van der Waals surface area contributed by atoms with Crippen molar-refractivity contribution in [1.29, 1.82) is 0 Å². The largest absolute Gasteiger partial charge is 0.352 e. The number of carbonyl (C=O) groups excluding carboxylic acids is 2. The normalized spacial score (nSPS) is 14.5. The highest BCUT2D eigenvalue weighted by Gasteiger charge is 2.34. The van der Waals surface area contributed by atoms with Gasteiger partial charge in [0, 0.05) is 12.6 Å². The molecule has 39 heavy (non-hydrogen) atoms. The van der Waals surface area contributed by atoms with Crippen molar-refractivity contribution in [1.82, 2.24) is 10.2 Å². The van der Waals surface area contributed by atoms with Gasteiger partial charge in [0.05, 0.1) is 10.6 Å². The zero-order valence-electron chi connectivity index (χ0n) is 22.6. The van der Waals surface area contributed by atoms with Crippen LogP contribution in [-0.4, -0.2) is 43.8 Å². The van der Waals surface area contributed by atoms with E-state index in [2.05, 4.69) is 5.32 Å². The monoisotopic (exact) mass is 547 g/mol. The third-order valence-electron chi connectivity index (χ3n) is 7.34. The number of sulfonamides is 1. The molecule has 206 valence electrons. The van der Waals surface area contributed by atoms with E-state index >= 15 is 0 Å². The summed E-state index contributed by atoms with van der Waals surface area (Å²) in [4.78, 5) is 29.2. The molecule has 7 nitrogen and oxygen atoms in total. The van der Waals surface area contributed by atoms with Gasteiger partial charge in [-0.05, 0) is 61.6 Å². The summed E-state index contributed by atoms with van der Waals surface area (Å²) in [5.41, 5.74) is 2.29. The summed E-state index contributed by atoms with van der Waals surface area (Å²) in [7, 11) is -4.05. The minimum absolute atomic E-state index is 0.0955. The van der Waals surface area contributed by atoms with Crippen molar-refractivity contribution in [3.05, 3.63) is 96.1 Å². The number of rotatable bonds is 11. The summed E-state index contributed by atoms with van der Waals surface area (Å²) < 4.78 is 28.7. The Balaban J connectivity index is 1.69. The lowest BCUT2D eigenvalue weighted by molar-refractivity contribution is -0.140. The smallest absolute Gasteiger partial charge is 0.264 e. The lowest BCUT2D eigenvalue weighted by atomic mass is 10.1. The topological polar surface area (TPSA) is 86.8 Å². The van der Waals surface area contributed by atoms with Crippen LogP contribution in [0.25, 0.3) is 0 Å². The van der Waals surface area contributed by atoms with Crippen LogP contribution < -0.4 is 9.62 Å². The van der Waals surface area contributed by atoms with Gasteiger partial charge in [-0.2, -0.15) is 0 Å². The fraction of sp³-hybridized carbons (Fsp3) is 0.355. The summed E-state index contributed by atoms with van der Waals surface area (Å²) in [6, 6.07) is 23.8. The molecular weight excluding hydrogens is 510 g/mol. The molecule has 1 aliphatic carbocycles. The molecule has 0 aliphatic heterocycles. The predicted octanol–water partition coefficient (Wildman–Crippen LogP) is 5.06. The Labute approximate surface area is 231 Å². The van der Waals surface area contributed by atoms with Crippen LogP contribution in [0, 0.1) is 6.92 Å². The molecule has 1 N–H and O–H groups in total. The van der Waals surface area contributed by atoms with Crippen molar-refractivity contribution in [2.45, 2.75) is 69.5 Å². The van der Waals surface area contributed by atoms with Crippen LogP contribution in [0.2, 0.25) is 0 Å². The second-order valence-electron chi connectivity index (χ2n) is 10.0. The van der Waals surface area contributed by atoms with Gasteiger partial charge >= 0.3 is 0 Å². The van der Waals surface area contributed by atoms with Crippen LogP contribution in [-0.2, 0) is 26.2 Å². The molecule has 1 saturated carbocycles. The Kier molecular flexibility index (Phi) is 9.41. The third kappa shape index (κ3) is 6.87. The van der Waals surface area contributed by atoms with Crippen LogP contribution in [0.3, 0.4) is 0 Å². The van der Waals surface area contributed by atoms with Gasteiger partial charge in [-0.15, -0.1) is 0 Å². The van der Waals surface area contributed by atoms with Gasteiger partial charge in [-0.25, -0.2) is 8.42 Å². The fourth-order valence-electron chi connectivity index (χ4n) is 5.10. The average Bonchev–Trinajstić information content (AvgIpc) is 3.46. The molecular formula is C31H37N3O4S. The van der Waals surface area contributed by atoms with Gasteiger partial charge in [-0.3, -0.25) is 13.9 Å². The van der Waals surface area contributed by atoms with Gasteiger partial charge < -0.3 is 10.2 Å². The maximum Gasteiger partial charge on any atom is 0.264 e. The Bertz CT molecular complexity index is 1360. The van der Waals surface area contributed by atoms with Crippen molar-refractivity contribution >= 4 is 27.5 Å². The molecule has 1 aliphatic rings. The molecule has 0 radical (unpaired) electrons. The summed E-state index contributed by atoms with van der Waals surface area (Å²) in [6.07, 6.45) is 4.44. The Morgan fingerprint density at radius 2 is 1.49 bits per heavy atom. The van der Waals surface area contributed by atoms with E-state index in [4.69, 9.17) is 0 Å². The molecule has 0 heterocycles. The van der Waals surface area contributed by atoms with E-state index in [-0.39, 0.29) is 23.4 Å². The number of para-hydroxylation sites is 1. The van der Waals surface area contributed by atoms with Crippen molar-refractivity contribution in [2.75, 3.05) is 10.8 Å². The summed E-state index contributed by atoms with van der Waals surface area (Å²) in [5.74, 6) is -0.626. The van der Waals surface area contributed by atoms with Crippen LogP contribution in [0.1, 0.15) is 50.2 Å². The number of benzene rings is 3. The minimum atomic E-state index is -4.05. The summed E-state index contributed by atoms with van der Waals surface area (Å²) >= 11 is 0. The second kappa shape index (κ2) is 12.9. The highest BCUT2D eigenvalue weighted by molar-refractivity contribution is 7.92. The van der Waals surface area contributed by atoms with Crippen LogP contribution in [0.15, 0.2) is 89.8 Å². The lowest BCUT2D eigenvalue weighted by Crippen LogP contribution is -2.53. The third-order valence-corrected chi connectivity index (χ3v) is 9.13. The maximum atomic E-state index is 14.1. The molecule has 4 rings (SSSR count). The highest BCUT2D eigenvalue weighted by atomic mass is 32.2. The first-order chi connectivity index (χ1) is 18.8. The number of hydrogen-bond acceptors (Lipinski definition) is 4. The molecule has 1 atom stereocenters. The van der Waals surface area contributed by atoms with E-state index in [1.165, 1.54) is 12.1 Å². The number of carbonyl (C=O) groups is 2. The first-order valence-corrected chi connectivity index (χ1v) is 15.0. The molecule has 8 heteroatoms. The van der Waals surface area contributed by atoms with Gasteiger partial charge in [0.15, 0.2) is 0 Å². The molecule has 0 bridgehead atoms. The van der Waals surface area contributed by atoms with Crippen molar-refractivity contribution in [3.63, 3.8) is 0 Å². The molecule has 0 unspecified atom stereocenters. The van der Waals surface area contributed by atoms with Crippen LogP contribution in [0.5, 0.6) is 0 Å². The van der Waals surface area contributed by atoms with Crippen LogP contribution >= 0.6 is 0 Å². The molecule has 0 spiro atoms. The van der Waals surface area contributed by atoms with Gasteiger partial charge in [0.2, 0.25) is 11.8 Å². The zero-order valence-corrected chi connectivity index (χ0v) is 23.4. The van der Waals surface area contributed by atoms with E-state index in [0.29, 0.717) is 12.1 Å². The number of aryl methyl sites for hydroxylation is 1. The zero-order chi connectivity index (χ0) is 27.8. The maximum absolute atomic E-state index is 14.1. The molecule has 0 saturated heterocycles. The molecule has 1 fully saturated rings. The molecule has 3 aromatic rings. The minimum Gasteiger partial charge on any atom is -0.352 e. The van der Waals surface area contributed by atoms with Gasteiger partial charge in [0.25, 0.3) is 10.0 Å². The molecule has 3 aromatic carbocycles. The Hall–Kier alpha value is -3.65. The number of amides is 2. The fourth-order valence-corrected chi connectivity index (χ4v) is 6.54. The van der Waals surface area contributed by atoms with Crippen LogP contribution in [0.4, 0.5) is 5.69 Å². The Morgan fingerprint density at radius 3 is 2.10 bits per heavy atom. The lowest BCUT2D eigenvalue weighted by Gasteiger charge is -2.34. The van der Waals surface area contributed by atoms with E-state index in [1.54, 1.807) is 53.4 Å². The van der Waals surface area contributed by atoms with Crippen molar-refractivity contribution < 1.29 is 18.0 Å². The molecule has 0 aromatic heterocycles. The number of anilines is 1. The Morgan fingerprint density at radius 1 is 0.897 bits per heavy atom. The van der Waals surface area contributed by atoms with Crippen molar-refractivity contribution in [3.8, 4) is 0 Å². The van der Waals surface area contributed by atoms with E-state index in [0.717, 1.165) is 41.1 Å². The first-order valence-electron chi connectivity index (χ1n) is 13.6. The van der Waals surface area contributed by atoms with Gasteiger partial charge in [-0.1, -0.05) is 80.4 Å². The van der Waals surface area contributed by atoms with Gasteiger partial charge in [0.1, 0.15) is 12.6 Å². The predicted molar refractivity (Wildman–Crippen MR) is 154 cm³/mol. The quantitative estimate of drug-likeness (QED) is 0.364. The van der Waals surface area contributed by atoms with E-state index in [9.17, 15) is 18.0 Å². The van der Waals surface area contributed by atoms with E-state index in [1.807, 2.05) is 38.1 Å². The standard InChI is InChI=1S/C31H37N3O4S/c1-3-29(31(36)32-26-16-12-13-17-26)33(22-25-15-11-10-14-24(25)2)30(35)23-34(27-18-6-4-7-19-27)39(37,38)28-20-8-5-9-21-28/h4-11,14-15,18-21,26,29H,3,12-13,16-17,22-23H2,1-2H3,(H,32,36)/t29-/m1/s1. The summed E-state index contributed by atoms with van der Waals surface area (Å²) in [5, 5.41) is 3.14. The highest BCUT2D eigenvalue weighted by Crippen LogP contribution is 2.25. The number of nitrogens with one attached hydrogen (secondary N) is 1. The first kappa shape index (κ1) is 28.4. The SMILES string of the molecule is CC[C@H](C(=O)NC1CCCC1)N(Cc1ccccc1C)C(=O)CN(c1ccccc1)S(=O)(=O)c1ccccc1. The number of hydrogen-bond donors (Lipinski definition) is 1. The van der Waals surface area contributed by atoms with E-state index < -0.39 is 28.5 Å². The summed E-state index contributed by atoms with van der Waals surface area (Å²) in [6.45, 7) is 3.62. The molecule has 2 amide bonds. The second-order valence-corrected chi connectivity index (χ2v) is 11.9. The van der Waals surface area contributed by atoms with Crippen molar-refractivity contribution in [2.24, 2.45) is 0 Å².